The van der Waals surface area contributed by atoms with E-state index < -0.39 is 0 Å². The van der Waals surface area contributed by atoms with E-state index in [0.29, 0.717) is 5.75 Å². The highest BCUT2D eigenvalue weighted by molar-refractivity contribution is 5.25. The first-order chi connectivity index (χ1) is 6.59. The fraction of sp³-hybridized carbons (Fsp3) is 0.538. The average molecular weight is 192 g/mol. The van der Waals surface area contributed by atoms with E-state index in [1.54, 1.807) is 12.1 Å². The molecule has 1 unspecified atom stereocenters. The van der Waals surface area contributed by atoms with Crippen molar-refractivity contribution in [3.8, 4) is 5.75 Å². The van der Waals surface area contributed by atoms with Crippen LogP contribution >= 0.6 is 0 Å². The van der Waals surface area contributed by atoms with Crippen LogP contribution < -0.4 is 0 Å². The molecule has 0 aliphatic heterocycles. The minimum Gasteiger partial charge on any atom is -0.508 e. The highest BCUT2D eigenvalue weighted by Gasteiger charge is 2.06. The maximum Gasteiger partial charge on any atom is 0.115 e. The van der Waals surface area contributed by atoms with Crippen LogP contribution in [-0.2, 0) is 6.42 Å². The van der Waals surface area contributed by atoms with Crippen molar-refractivity contribution < 1.29 is 5.11 Å². The van der Waals surface area contributed by atoms with Gasteiger partial charge in [-0.25, -0.2) is 0 Å². The van der Waals surface area contributed by atoms with Gasteiger partial charge in [0.15, 0.2) is 0 Å². The number of benzene rings is 1. The van der Waals surface area contributed by atoms with E-state index in [0.717, 1.165) is 18.3 Å². The maximum atomic E-state index is 9.12. The van der Waals surface area contributed by atoms with E-state index in [4.69, 9.17) is 5.11 Å². The van der Waals surface area contributed by atoms with Crippen LogP contribution in [0.2, 0.25) is 0 Å². The first-order valence-corrected chi connectivity index (χ1v) is 5.37. The van der Waals surface area contributed by atoms with Crippen LogP contribution in [0.5, 0.6) is 5.75 Å². The molecule has 1 N–H and O–H groups in total. The Bertz CT molecular complexity index is 261. The third-order valence-corrected chi connectivity index (χ3v) is 2.96. The van der Waals surface area contributed by atoms with Gasteiger partial charge in [-0.05, 0) is 42.4 Å². The summed E-state index contributed by atoms with van der Waals surface area (Å²) in [5.74, 6) is 1.88. The van der Waals surface area contributed by atoms with E-state index >= 15 is 0 Å². The topological polar surface area (TPSA) is 20.2 Å². The zero-order chi connectivity index (χ0) is 10.6. The first kappa shape index (κ1) is 11.1. The lowest BCUT2D eigenvalue weighted by Gasteiger charge is -2.14. The number of phenols is 1. The SMILES string of the molecule is CC(C)C(C)CCc1ccc(O)cc1. The maximum absolute atomic E-state index is 9.12. The largest absolute Gasteiger partial charge is 0.508 e. The summed E-state index contributed by atoms with van der Waals surface area (Å²) in [4.78, 5) is 0. The number of phenolic OH excluding ortho intramolecular Hbond substituents is 1. The lowest BCUT2D eigenvalue weighted by atomic mass is 9.91. The molecule has 14 heavy (non-hydrogen) atoms. The zero-order valence-corrected chi connectivity index (χ0v) is 9.33. The van der Waals surface area contributed by atoms with Crippen molar-refractivity contribution in [3.05, 3.63) is 29.8 Å². The average Bonchev–Trinajstić information content (AvgIpc) is 2.16. The summed E-state index contributed by atoms with van der Waals surface area (Å²) >= 11 is 0. The van der Waals surface area contributed by atoms with Crippen molar-refractivity contribution in [2.24, 2.45) is 11.8 Å². The Kier molecular flexibility index (Phi) is 3.99. The predicted octanol–water partition coefficient (Wildman–Crippen LogP) is 3.62. The van der Waals surface area contributed by atoms with Crippen LogP contribution in [0.3, 0.4) is 0 Å². The Morgan fingerprint density at radius 3 is 2.14 bits per heavy atom. The quantitative estimate of drug-likeness (QED) is 0.772. The van der Waals surface area contributed by atoms with Crippen LogP contribution in [0, 0.1) is 11.8 Å². The van der Waals surface area contributed by atoms with Crippen molar-refractivity contribution >= 4 is 0 Å². The van der Waals surface area contributed by atoms with Gasteiger partial charge in [-0.3, -0.25) is 0 Å². The summed E-state index contributed by atoms with van der Waals surface area (Å²) in [7, 11) is 0. The molecule has 0 radical (unpaired) electrons. The number of rotatable bonds is 4. The summed E-state index contributed by atoms with van der Waals surface area (Å²) in [6, 6.07) is 7.52. The van der Waals surface area contributed by atoms with Crippen LogP contribution in [0.15, 0.2) is 24.3 Å². The van der Waals surface area contributed by atoms with E-state index in [9.17, 15) is 0 Å². The fourth-order valence-electron chi connectivity index (χ4n) is 1.39. The van der Waals surface area contributed by atoms with Crippen LogP contribution in [0.25, 0.3) is 0 Å². The summed E-state index contributed by atoms with van der Waals surface area (Å²) in [5, 5.41) is 9.12. The van der Waals surface area contributed by atoms with Crippen molar-refractivity contribution in [1.29, 1.82) is 0 Å². The second-order valence-electron chi connectivity index (χ2n) is 4.43. The number of aromatic hydroxyl groups is 1. The van der Waals surface area contributed by atoms with Gasteiger partial charge in [0.05, 0.1) is 0 Å². The lowest BCUT2D eigenvalue weighted by molar-refractivity contribution is 0.392. The highest BCUT2D eigenvalue weighted by atomic mass is 16.3. The molecule has 1 aromatic rings. The van der Waals surface area contributed by atoms with Gasteiger partial charge < -0.3 is 5.11 Å². The Morgan fingerprint density at radius 2 is 1.64 bits per heavy atom. The number of hydrogen-bond donors (Lipinski definition) is 1. The lowest BCUT2D eigenvalue weighted by Crippen LogP contribution is -2.04. The monoisotopic (exact) mass is 192 g/mol. The summed E-state index contributed by atoms with van der Waals surface area (Å²) < 4.78 is 0. The molecule has 0 aliphatic rings. The van der Waals surface area contributed by atoms with Crippen LogP contribution in [-0.4, -0.2) is 5.11 Å². The van der Waals surface area contributed by atoms with E-state index in [2.05, 4.69) is 20.8 Å². The van der Waals surface area contributed by atoms with Gasteiger partial charge in [0, 0.05) is 0 Å². The van der Waals surface area contributed by atoms with Crippen LogP contribution in [0.1, 0.15) is 32.8 Å². The molecule has 1 rings (SSSR count). The first-order valence-electron chi connectivity index (χ1n) is 5.37. The van der Waals surface area contributed by atoms with Crippen molar-refractivity contribution in [2.75, 3.05) is 0 Å². The van der Waals surface area contributed by atoms with Crippen molar-refractivity contribution in [2.45, 2.75) is 33.6 Å². The molecule has 0 spiro atoms. The Hall–Kier alpha value is -0.980. The molecule has 0 heterocycles. The molecule has 0 aromatic heterocycles. The number of aryl methyl sites for hydroxylation is 1. The normalized spacial score (nSPS) is 13.1. The molecule has 0 amide bonds. The minimum atomic E-state index is 0.352. The molecule has 1 aromatic carbocycles. The highest BCUT2D eigenvalue weighted by Crippen LogP contribution is 2.18. The van der Waals surface area contributed by atoms with Gasteiger partial charge in [-0.1, -0.05) is 32.9 Å². The zero-order valence-electron chi connectivity index (χ0n) is 9.33. The molecule has 78 valence electrons. The van der Waals surface area contributed by atoms with Gasteiger partial charge in [0.25, 0.3) is 0 Å². The van der Waals surface area contributed by atoms with Crippen molar-refractivity contribution in [3.63, 3.8) is 0 Å². The molecule has 0 bridgehead atoms. The summed E-state index contributed by atoms with van der Waals surface area (Å²) in [6.07, 6.45) is 2.34. The summed E-state index contributed by atoms with van der Waals surface area (Å²) in [5.41, 5.74) is 1.32. The van der Waals surface area contributed by atoms with Gasteiger partial charge in [-0.15, -0.1) is 0 Å². The molecule has 0 aliphatic carbocycles. The van der Waals surface area contributed by atoms with Crippen molar-refractivity contribution in [1.82, 2.24) is 0 Å². The second-order valence-corrected chi connectivity index (χ2v) is 4.43. The molecular weight excluding hydrogens is 172 g/mol. The van der Waals surface area contributed by atoms with E-state index in [-0.39, 0.29) is 0 Å². The molecule has 1 heteroatoms. The van der Waals surface area contributed by atoms with Gasteiger partial charge >= 0.3 is 0 Å². The predicted molar refractivity (Wildman–Crippen MR) is 60.4 cm³/mol. The summed E-state index contributed by atoms with van der Waals surface area (Å²) in [6.45, 7) is 6.83. The fourth-order valence-corrected chi connectivity index (χ4v) is 1.39. The van der Waals surface area contributed by atoms with E-state index in [1.165, 1.54) is 12.0 Å². The van der Waals surface area contributed by atoms with E-state index in [1.807, 2.05) is 12.1 Å². The molecular formula is C13H20O. The van der Waals surface area contributed by atoms with Gasteiger partial charge in [0.2, 0.25) is 0 Å². The Labute approximate surface area is 86.8 Å². The third-order valence-electron chi connectivity index (χ3n) is 2.96. The Morgan fingerprint density at radius 1 is 1.07 bits per heavy atom. The Balaban J connectivity index is 2.42. The second kappa shape index (κ2) is 5.04. The van der Waals surface area contributed by atoms with Gasteiger partial charge in [-0.2, -0.15) is 0 Å². The molecule has 0 saturated carbocycles. The molecule has 1 atom stereocenters. The molecule has 0 fully saturated rings. The molecule has 1 nitrogen and oxygen atoms in total. The third kappa shape index (κ3) is 3.41. The van der Waals surface area contributed by atoms with Gasteiger partial charge in [0.1, 0.15) is 5.75 Å². The number of hydrogen-bond acceptors (Lipinski definition) is 1. The smallest absolute Gasteiger partial charge is 0.115 e. The van der Waals surface area contributed by atoms with Crippen LogP contribution in [0.4, 0.5) is 0 Å². The minimum absolute atomic E-state index is 0.352. The molecule has 0 saturated heterocycles. The standard InChI is InChI=1S/C13H20O/c1-10(2)11(3)4-5-12-6-8-13(14)9-7-12/h6-11,14H,4-5H2,1-3H3.